The van der Waals surface area contributed by atoms with Gasteiger partial charge in [-0.25, -0.2) is 0 Å². The van der Waals surface area contributed by atoms with E-state index in [0.29, 0.717) is 5.46 Å². The topological polar surface area (TPSA) is 26.0 Å². The van der Waals surface area contributed by atoms with E-state index in [2.05, 4.69) is 17.1 Å². The van der Waals surface area contributed by atoms with E-state index in [1.807, 2.05) is 42.5 Å². The first-order valence-corrected chi connectivity index (χ1v) is 6.44. The number of pyridine rings is 1. The largest absolute Gasteiger partial charge is 0.456 e. The van der Waals surface area contributed by atoms with E-state index in [1.54, 1.807) is 6.20 Å². The second-order valence-electron chi connectivity index (χ2n) is 4.79. The number of para-hydroxylation sites is 1. The molecule has 2 radical (unpaired) electrons. The molecule has 0 fully saturated rings. The predicted molar refractivity (Wildman–Crippen MR) is 82.3 cm³/mol. The van der Waals surface area contributed by atoms with Crippen LogP contribution in [0.4, 0.5) is 0 Å². The highest BCUT2D eigenvalue weighted by Gasteiger charge is 2.08. The van der Waals surface area contributed by atoms with E-state index in [1.165, 1.54) is 0 Å². The highest BCUT2D eigenvalue weighted by Crippen LogP contribution is 2.31. The molecule has 20 heavy (non-hydrogen) atoms. The van der Waals surface area contributed by atoms with Crippen molar-refractivity contribution >= 4 is 35.2 Å². The van der Waals surface area contributed by atoms with Crippen LogP contribution in [-0.2, 0) is 0 Å². The second-order valence-corrected chi connectivity index (χ2v) is 4.79. The Morgan fingerprint density at radius 1 is 0.850 bits per heavy atom. The van der Waals surface area contributed by atoms with Crippen molar-refractivity contribution in [3.8, 4) is 11.3 Å². The lowest BCUT2D eigenvalue weighted by atomic mass is 9.98. The molecule has 0 atom stereocenters. The van der Waals surface area contributed by atoms with Gasteiger partial charge in [0.25, 0.3) is 0 Å². The minimum atomic E-state index is 0.670. The Morgan fingerprint density at radius 3 is 2.55 bits per heavy atom. The lowest BCUT2D eigenvalue weighted by Gasteiger charge is -2.01. The van der Waals surface area contributed by atoms with Crippen LogP contribution in [0.3, 0.4) is 0 Å². The summed E-state index contributed by atoms with van der Waals surface area (Å²) in [5.41, 5.74) is 4.44. The van der Waals surface area contributed by atoms with Crippen molar-refractivity contribution in [1.82, 2.24) is 4.98 Å². The Hall–Kier alpha value is -2.55. The van der Waals surface area contributed by atoms with Crippen molar-refractivity contribution in [2.24, 2.45) is 0 Å². The van der Waals surface area contributed by atoms with Crippen molar-refractivity contribution < 1.29 is 4.42 Å². The number of rotatable bonds is 1. The lowest BCUT2D eigenvalue weighted by molar-refractivity contribution is 0.669. The number of aromatic nitrogens is 1. The van der Waals surface area contributed by atoms with Crippen LogP contribution >= 0.6 is 0 Å². The maximum absolute atomic E-state index is 5.82. The van der Waals surface area contributed by atoms with Crippen LogP contribution in [-0.4, -0.2) is 12.8 Å². The molecule has 2 aromatic carbocycles. The van der Waals surface area contributed by atoms with Gasteiger partial charge in [-0.1, -0.05) is 29.7 Å². The molecule has 0 saturated carbocycles. The van der Waals surface area contributed by atoms with Gasteiger partial charge in [0, 0.05) is 22.5 Å². The van der Waals surface area contributed by atoms with Gasteiger partial charge in [0.15, 0.2) is 0 Å². The molecule has 4 rings (SSSR count). The summed E-state index contributed by atoms with van der Waals surface area (Å²) in [6.07, 6.45) is 1.67. The van der Waals surface area contributed by atoms with Crippen LogP contribution in [0.2, 0.25) is 0 Å². The highest BCUT2D eigenvalue weighted by atomic mass is 16.3. The molecule has 92 valence electrons. The van der Waals surface area contributed by atoms with Crippen LogP contribution in [0.5, 0.6) is 0 Å². The van der Waals surface area contributed by atoms with E-state index in [4.69, 9.17) is 12.3 Å². The van der Waals surface area contributed by atoms with Crippen LogP contribution in [0, 0.1) is 0 Å². The molecule has 2 aromatic heterocycles. The van der Waals surface area contributed by atoms with Crippen molar-refractivity contribution in [2.75, 3.05) is 0 Å². The third kappa shape index (κ3) is 1.71. The first kappa shape index (κ1) is 11.3. The smallest absolute Gasteiger partial charge is 0.135 e. The van der Waals surface area contributed by atoms with Crippen molar-refractivity contribution in [3.63, 3.8) is 0 Å². The summed E-state index contributed by atoms with van der Waals surface area (Å²) in [6.45, 7) is 0. The first-order valence-electron chi connectivity index (χ1n) is 6.44. The molecule has 0 aliphatic rings. The summed E-state index contributed by atoms with van der Waals surface area (Å²) in [6, 6.07) is 18.0. The SMILES string of the molecule is [B]c1ccc(-c2ccc3oc4ccccc4c3c2)nc1. The Balaban J connectivity index is 1.97. The molecular weight excluding hydrogens is 245 g/mol. The number of hydrogen-bond acceptors (Lipinski definition) is 2. The van der Waals surface area contributed by atoms with Gasteiger partial charge < -0.3 is 4.42 Å². The maximum Gasteiger partial charge on any atom is 0.135 e. The van der Waals surface area contributed by atoms with Gasteiger partial charge in [0.1, 0.15) is 19.0 Å². The number of nitrogens with zero attached hydrogens (tertiary/aromatic N) is 1. The molecule has 0 spiro atoms. The fourth-order valence-corrected chi connectivity index (χ4v) is 2.46. The third-order valence-electron chi connectivity index (χ3n) is 3.46. The van der Waals surface area contributed by atoms with Crippen LogP contribution in [0.15, 0.2) is 65.2 Å². The number of hydrogen-bond donors (Lipinski definition) is 0. The Morgan fingerprint density at radius 2 is 1.70 bits per heavy atom. The van der Waals surface area contributed by atoms with Crippen molar-refractivity contribution in [1.29, 1.82) is 0 Å². The molecule has 4 aromatic rings. The van der Waals surface area contributed by atoms with Crippen LogP contribution in [0.1, 0.15) is 0 Å². The summed E-state index contributed by atoms with van der Waals surface area (Å²) < 4.78 is 5.82. The number of fused-ring (bicyclic) bond motifs is 3. The van der Waals surface area contributed by atoms with Gasteiger partial charge in [-0.15, -0.1) is 0 Å². The molecule has 3 heteroatoms. The quantitative estimate of drug-likeness (QED) is 0.487. The summed E-state index contributed by atoms with van der Waals surface area (Å²) >= 11 is 0. The molecule has 0 N–H and O–H groups in total. The molecule has 0 aliphatic heterocycles. The van der Waals surface area contributed by atoms with Crippen molar-refractivity contribution in [2.45, 2.75) is 0 Å². The lowest BCUT2D eigenvalue weighted by Crippen LogP contribution is -2.01. The molecule has 0 saturated heterocycles. The minimum Gasteiger partial charge on any atom is -0.456 e. The van der Waals surface area contributed by atoms with Gasteiger partial charge >= 0.3 is 0 Å². The highest BCUT2D eigenvalue weighted by molar-refractivity contribution is 6.32. The van der Waals surface area contributed by atoms with Gasteiger partial charge in [-0.2, -0.15) is 0 Å². The van der Waals surface area contributed by atoms with E-state index < -0.39 is 0 Å². The van der Waals surface area contributed by atoms with E-state index in [0.717, 1.165) is 33.2 Å². The Bertz CT molecular complexity index is 909. The second kappa shape index (κ2) is 4.24. The molecule has 0 amide bonds. The number of benzene rings is 2. The van der Waals surface area contributed by atoms with E-state index in [9.17, 15) is 0 Å². The standard InChI is InChI=1S/C17H10BNO/c18-12-6-7-15(19-10-12)11-5-8-17-14(9-11)13-3-1-2-4-16(13)20-17/h1-10H. The maximum atomic E-state index is 5.82. The first-order chi connectivity index (χ1) is 9.81. The normalized spacial score (nSPS) is 11.2. The fraction of sp³-hybridized carbons (Fsp3) is 0. The third-order valence-corrected chi connectivity index (χ3v) is 3.46. The molecule has 0 aliphatic carbocycles. The Kier molecular flexibility index (Phi) is 2.39. The monoisotopic (exact) mass is 255 g/mol. The van der Waals surface area contributed by atoms with E-state index in [-0.39, 0.29) is 0 Å². The molecule has 2 nitrogen and oxygen atoms in total. The van der Waals surface area contributed by atoms with Gasteiger partial charge in [0.2, 0.25) is 0 Å². The minimum absolute atomic E-state index is 0.670. The van der Waals surface area contributed by atoms with Gasteiger partial charge in [-0.3, -0.25) is 4.98 Å². The molecule has 0 bridgehead atoms. The summed E-state index contributed by atoms with van der Waals surface area (Å²) in [7, 11) is 5.68. The van der Waals surface area contributed by atoms with Gasteiger partial charge in [0.05, 0.1) is 5.69 Å². The zero-order chi connectivity index (χ0) is 13.5. The Labute approximate surface area is 117 Å². The zero-order valence-electron chi connectivity index (χ0n) is 10.7. The summed E-state index contributed by atoms with van der Waals surface area (Å²) in [5, 5.41) is 2.23. The van der Waals surface area contributed by atoms with E-state index >= 15 is 0 Å². The molecule has 2 heterocycles. The molecule has 0 unspecified atom stereocenters. The van der Waals surface area contributed by atoms with Gasteiger partial charge in [-0.05, 0) is 30.3 Å². The average molecular weight is 255 g/mol. The zero-order valence-corrected chi connectivity index (χ0v) is 10.7. The van der Waals surface area contributed by atoms with Crippen molar-refractivity contribution in [3.05, 3.63) is 60.8 Å². The fourth-order valence-electron chi connectivity index (χ4n) is 2.46. The predicted octanol–water partition coefficient (Wildman–Crippen LogP) is 3.44. The number of furan rings is 1. The average Bonchev–Trinajstić information content (AvgIpc) is 2.86. The summed E-state index contributed by atoms with van der Waals surface area (Å²) in [4.78, 5) is 4.36. The summed E-state index contributed by atoms with van der Waals surface area (Å²) in [5.74, 6) is 0. The van der Waals surface area contributed by atoms with Crippen LogP contribution in [0.25, 0.3) is 33.2 Å². The molecular formula is C17H10BNO. The van der Waals surface area contributed by atoms with Crippen LogP contribution < -0.4 is 5.46 Å².